The molecule has 0 heterocycles. The smallest absolute Gasteiger partial charge is 0.0701 e. The normalized spacial score (nSPS) is 10.6. The summed E-state index contributed by atoms with van der Waals surface area (Å²) in [6.07, 6.45) is 1.72. The van der Waals surface area contributed by atoms with E-state index in [1.54, 1.807) is 7.11 Å². The summed E-state index contributed by atoms with van der Waals surface area (Å²) in [7, 11) is 1.65. The Labute approximate surface area is 79.8 Å². The number of hydrogen-bond donors (Lipinski definition) is 1. The van der Waals surface area contributed by atoms with Crippen LogP contribution in [0.4, 0.5) is 0 Å². The van der Waals surface area contributed by atoms with Gasteiger partial charge in [0.2, 0.25) is 0 Å². The first-order chi connectivity index (χ1) is 6.41. The fourth-order valence-electron chi connectivity index (χ4n) is 0.780. The molecule has 0 aromatic heterocycles. The fourth-order valence-corrected chi connectivity index (χ4v) is 0.780. The minimum absolute atomic E-state index is 0.244. The van der Waals surface area contributed by atoms with E-state index < -0.39 is 0 Å². The van der Waals surface area contributed by atoms with Crippen LogP contribution in [0.5, 0.6) is 0 Å². The second kappa shape index (κ2) is 11.8. The lowest BCUT2D eigenvalue weighted by molar-refractivity contribution is 0.0234. The first kappa shape index (κ1) is 12.8. The molecule has 0 aromatic carbocycles. The lowest BCUT2D eigenvalue weighted by Gasteiger charge is -2.04. The molecule has 0 aromatic rings. The maximum atomic E-state index is 8.47. The summed E-state index contributed by atoms with van der Waals surface area (Å²) in [6, 6.07) is 0. The zero-order valence-electron chi connectivity index (χ0n) is 8.33. The Morgan fingerprint density at radius 3 is 2.08 bits per heavy atom. The van der Waals surface area contributed by atoms with Crippen molar-refractivity contribution in [2.24, 2.45) is 0 Å². The summed E-state index contributed by atoms with van der Waals surface area (Å²) in [5.74, 6) is 0. The van der Waals surface area contributed by atoms with Crippen LogP contribution in [0.3, 0.4) is 0 Å². The monoisotopic (exact) mass is 192 g/mol. The molecule has 0 atom stereocenters. The Kier molecular flexibility index (Phi) is 11.7. The van der Waals surface area contributed by atoms with Crippen molar-refractivity contribution in [3.05, 3.63) is 0 Å². The van der Waals surface area contributed by atoms with Gasteiger partial charge in [0.05, 0.1) is 26.4 Å². The second-order valence-electron chi connectivity index (χ2n) is 2.65. The van der Waals surface area contributed by atoms with Crippen molar-refractivity contribution >= 4 is 0 Å². The van der Waals surface area contributed by atoms with Gasteiger partial charge in [-0.15, -0.1) is 0 Å². The van der Waals surface area contributed by atoms with Crippen LogP contribution in [-0.4, -0.2) is 51.9 Å². The van der Waals surface area contributed by atoms with Crippen LogP contribution in [0.25, 0.3) is 0 Å². The number of ether oxygens (including phenoxy) is 3. The maximum Gasteiger partial charge on any atom is 0.0701 e. The first-order valence-corrected chi connectivity index (χ1v) is 4.67. The maximum absolute atomic E-state index is 8.47. The van der Waals surface area contributed by atoms with Gasteiger partial charge in [-0.3, -0.25) is 0 Å². The van der Waals surface area contributed by atoms with Crippen LogP contribution in [0.2, 0.25) is 0 Å². The summed E-state index contributed by atoms with van der Waals surface area (Å²) in [4.78, 5) is 0. The number of hydrogen-bond acceptors (Lipinski definition) is 4. The molecule has 0 bridgehead atoms. The zero-order chi connectivity index (χ0) is 9.78. The van der Waals surface area contributed by atoms with Crippen molar-refractivity contribution in [2.75, 3.05) is 46.8 Å². The van der Waals surface area contributed by atoms with E-state index in [4.69, 9.17) is 19.3 Å². The van der Waals surface area contributed by atoms with E-state index in [2.05, 4.69) is 0 Å². The lowest BCUT2D eigenvalue weighted by atomic mass is 10.3. The molecule has 0 fully saturated rings. The zero-order valence-corrected chi connectivity index (χ0v) is 8.33. The van der Waals surface area contributed by atoms with E-state index in [0.29, 0.717) is 33.0 Å². The lowest BCUT2D eigenvalue weighted by Crippen LogP contribution is -2.08. The van der Waals surface area contributed by atoms with Gasteiger partial charge in [-0.1, -0.05) is 0 Å². The van der Waals surface area contributed by atoms with Crippen LogP contribution in [0, 0.1) is 0 Å². The highest BCUT2D eigenvalue weighted by atomic mass is 16.5. The molecule has 4 heteroatoms. The summed E-state index contributed by atoms with van der Waals surface area (Å²) >= 11 is 0. The highest BCUT2D eigenvalue weighted by molar-refractivity contribution is 4.36. The minimum Gasteiger partial charge on any atom is -0.396 e. The van der Waals surface area contributed by atoms with Gasteiger partial charge in [0.15, 0.2) is 0 Å². The highest BCUT2D eigenvalue weighted by Crippen LogP contribution is 1.88. The van der Waals surface area contributed by atoms with Crippen molar-refractivity contribution in [1.29, 1.82) is 0 Å². The Bertz CT molecular complexity index is 77.7. The van der Waals surface area contributed by atoms with Crippen LogP contribution >= 0.6 is 0 Å². The van der Waals surface area contributed by atoms with Gasteiger partial charge in [-0.2, -0.15) is 0 Å². The van der Waals surface area contributed by atoms with Crippen LogP contribution in [0.15, 0.2) is 0 Å². The average Bonchev–Trinajstić information content (AvgIpc) is 2.16. The molecular formula is C9H20O4. The minimum atomic E-state index is 0.244. The average molecular weight is 192 g/mol. The van der Waals surface area contributed by atoms with Crippen molar-refractivity contribution in [1.82, 2.24) is 0 Å². The molecule has 0 aliphatic carbocycles. The van der Waals surface area contributed by atoms with Crippen molar-refractivity contribution in [3.8, 4) is 0 Å². The predicted molar refractivity (Wildman–Crippen MR) is 49.8 cm³/mol. The van der Waals surface area contributed by atoms with Gasteiger partial charge in [-0.25, -0.2) is 0 Å². The van der Waals surface area contributed by atoms with Gasteiger partial charge in [-0.05, 0) is 12.8 Å². The Morgan fingerprint density at radius 1 is 0.846 bits per heavy atom. The number of aliphatic hydroxyl groups is 1. The van der Waals surface area contributed by atoms with E-state index >= 15 is 0 Å². The SMILES string of the molecule is COCCOCCOCCCCO. The molecule has 13 heavy (non-hydrogen) atoms. The molecular weight excluding hydrogens is 172 g/mol. The molecule has 0 saturated carbocycles. The number of unbranched alkanes of at least 4 members (excludes halogenated alkanes) is 1. The topological polar surface area (TPSA) is 47.9 Å². The first-order valence-electron chi connectivity index (χ1n) is 4.67. The van der Waals surface area contributed by atoms with Crippen LogP contribution < -0.4 is 0 Å². The van der Waals surface area contributed by atoms with Crippen molar-refractivity contribution < 1.29 is 19.3 Å². The Balaban J connectivity index is 2.76. The molecule has 80 valence electrons. The predicted octanol–water partition coefficient (Wildman–Crippen LogP) is 0.439. The molecule has 0 aliphatic rings. The van der Waals surface area contributed by atoms with E-state index in [0.717, 1.165) is 12.8 Å². The summed E-state index contributed by atoms with van der Waals surface area (Å²) < 4.78 is 15.2. The van der Waals surface area contributed by atoms with Gasteiger partial charge in [0, 0.05) is 20.3 Å². The van der Waals surface area contributed by atoms with Crippen LogP contribution in [-0.2, 0) is 14.2 Å². The quantitative estimate of drug-likeness (QED) is 0.510. The number of rotatable bonds is 10. The molecule has 0 amide bonds. The highest BCUT2D eigenvalue weighted by Gasteiger charge is 1.90. The molecule has 1 N–H and O–H groups in total. The van der Waals surface area contributed by atoms with E-state index in [9.17, 15) is 0 Å². The Hall–Kier alpha value is -0.160. The van der Waals surface area contributed by atoms with Crippen molar-refractivity contribution in [3.63, 3.8) is 0 Å². The third-order valence-corrected chi connectivity index (χ3v) is 1.50. The van der Waals surface area contributed by atoms with E-state index in [1.807, 2.05) is 0 Å². The summed E-state index contributed by atoms with van der Waals surface area (Å²) in [5.41, 5.74) is 0. The third kappa shape index (κ3) is 11.8. The number of aliphatic hydroxyl groups excluding tert-OH is 1. The fraction of sp³-hybridized carbons (Fsp3) is 1.00. The molecule has 0 aliphatic heterocycles. The van der Waals surface area contributed by atoms with E-state index in [1.165, 1.54) is 0 Å². The van der Waals surface area contributed by atoms with Crippen molar-refractivity contribution in [2.45, 2.75) is 12.8 Å². The molecule has 0 radical (unpaired) electrons. The van der Waals surface area contributed by atoms with Crippen LogP contribution in [0.1, 0.15) is 12.8 Å². The van der Waals surface area contributed by atoms with E-state index in [-0.39, 0.29) is 6.61 Å². The number of methoxy groups -OCH3 is 1. The molecule has 4 nitrogen and oxygen atoms in total. The standard InChI is InChI=1S/C9H20O4/c1-11-6-7-13-9-8-12-5-3-2-4-10/h10H,2-9H2,1H3. The summed E-state index contributed by atoms with van der Waals surface area (Å²) in [5, 5.41) is 8.47. The molecule has 0 spiro atoms. The van der Waals surface area contributed by atoms with Gasteiger partial charge in [0.1, 0.15) is 0 Å². The van der Waals surface area contributed by atoms with Gasteiger partial charge >= 0.3 is 0 Å². The van der Waals surface area contributed by atoms with Gasteiger partial charge in [0.25, 0.3) is 0 Å². The molecule has 0 saturated heterocycles. The Morgan fingerprint density at radius 2 is 1.46 bits per heavy atom. The largest absolute Gasteiger partial charge is 0.396 e. The summed E-state index contributed by atoms with van der Waals surface area (Å²) in [6.45, 7) is 3.43. The molecule has 0 unspecified atom stereocenters. The van der Waals surface area contributed by atoms with Gasteiger partial charge < -0.3 is 19.3 Å². The second-order valence-corrected chi connectivity index (χ2v) is 2.65. The third-order valence-electron chi connectivity index (χ3n) is 1.50. The molecule has 0 rings (SSSR count).